The van der Waals surface area contributed by atoms with E-state index in [1.165, 1.54) is 16.9 Å². The second-order valence-electron chi connectivity index (χ2n) is 7.60. The molecule has 0 aliphatic carbocycles. The minimum absolute atomic E-state index is 0.262. The summed E-state index contributed by atoms with van der Waals surface area (Å²) in [7, 11) is 1.63. The maximum Gasteiger partial charge on any atom is 0.250 e. The quantitative estimate of drug-likeness (QED) is 0.180. The zero-order valence-electron chi connectivity index (χ0n) is 19.2. The molecule has 170 valence electrons. The van der Waals surface area contributed by atoms with Crippen LogP contribution in [0.2, 0.25) is 0 Å². The fraction of sp³-hybridized carbons (Fsp3) is 0.240. The Balaban J connectivity index is 1.71. The molecule has 6 nitrogen and oxygen atoms in total. The number of carbonyl (C=O) groups excluding carboxylic acids is 1. The molecule has 0 spiro atoms. The number of aromatic nitrogens is 2. The largest absolute Gasteiger partial charge is 0.496 e. The molecule has 4 rings (SSSR count). The van der Waals surface area contributed by atoms with E-state index < -0.39 is 0 Å². The minimum Gasteiger partial charge on any atom is -0.496 e. The van der Waals surface area contributed by atoms with Crippen molar-refractivity contribution in [1.29, 1.82) is 0 Å². The molecule has 0 fully saturated rings. The van der Waals surface area contributed by atoms with Gasteiger partial charge in [0.25, 0.3) is 0 Å². The molecule has 0 aliphatic rings. The van der Waals surface area contributed by atoms with E-state index >= 15 is 0 Å². The van der Waals surface area contributed by atoms with Crippen LogP contribution in [0.15, 0.2) is 51.4 Å². The van der Waals surface area contributed by atoms with Crippen LogP contribution in [-0.4, -0.2) is 29.0 Å². The highest BCUT2D eigenvalue weighted by atomic mass is 32.2. The van der Waals surface area contributed by atoms with Crippen LogP contribution in [0.5, 0.6) is 5.75 Å². The fourth-order valence-electron chi connectivity index (χ4n) is 3.69. The lowest BCUT2D eigenvalue weighted by Gasteiger charge is -2.13. The van der Waals surface area contributed by atoms with E-state index in [4.69, 9.17) is 9.15 Å². The number of fused-ring (bicyclic) bond motifs is 1. The number of ether oxygens (including phenoxy) is 1. The number of hydrogen-bond donors (Lipinski definition) is 1. The van der Waals surface area contributed by atoms with Crippen molar-refractivity contribution in [2.75, 3.05) is 18.2 Å². The maximum absolute atomic E-state index is 12.7. The zero-order valence-corrected chi connectivity index (χ0v) is 20.8. The molecule has 0 unspecified atom stereocenters. The van der Waals surface area contributed by atoms with Gasteiger partial charge in [0.05, 0.1) is 13.4 Å². The van der Waals surface area contributed by atoms with Gasteiger partial charge in [0.15, 0.2) is 4.34 Å². The van der Waals surface area contributed by atoms with Gasteiger partial charge in [-0.25, -0.2) is 0 Å². The van der Waals surface area contributed by atoms with Crippen LogP contribution in [0.3, 0.4) is 0 Å². The maximum atomic E-state index is 12.7. The van der Waals surface area contributed by atoms with E-state index in [1.807, 2.05) is 26.8 Å². The molecule has 33 heavy (non-hydrogen) atoms. The number of amides is 1. The highest BCUT2D eigenvalue weighted by Crippen LogP contribution is 2.40. The minimum atomic E-state index is -0.262. The van der Waals surface area contributed by atoms with Crippen molar-refractivity contribution in [3.05, 3.63) is 59.4 Å². The molecular weight excluding hydrogens is 454 g/mol. The van der Waals surface area contributed by atoms with Crippen molar-refractivity contribution in [1.82, 2.24) is 10.2 Å². The molecule has 2 aromatic carbocycles. The first-order valence-corrected chi connectivity index (χ1v) is 12.3. The molecule has 2 heterocycles. The average molecular weight is 480 g/mol. The first-order valence-electron chi connectivity index (χ1n) is 10.5. The number of rotatable bonds is 7. The fourth-order valence-corrected chi connectivity index (χ4v) is 5.34. The highest BCUT2D eigenvalue weighted by Gasteiger charge is 2.19. The Kier molecular flexibility index (Phi) is 6.85. The number of allylic oxidation sites excluding steroid dienone is 1. The number of hydrogen-bond acceptors (Lipinski definition) is 7. The van der Waals surface area contributed by atoms with Gasteiger partial charge >= 0.3 is 0 Å². The van der Waals surface area contributed by atoms with E-state index in [1.54, 1.807) is 31.2 Å². The van der Waals surface area contributed by atoms with E-state index in [-0.39, 0.29) is 5.91 Å². The topological polar surface area (TPSA) is 77.3 Å². The summed E-state index contributed by atoms with van der Waals surface area (Å²) in [5, 5.41) is 12.4. The number of aryl methyl sites for hydroxylation is 2. The molecule has 0 aliphatic heterocycles. The van der Waals surface area contributed by atoms with Gasteiger partial charge in [0, 0.05) is 28.2 Å². The van der Waals surface area contributed by atoms with E-state index in [0.29, 0.717) is 10.9 Å². The summed E-state index contributed by atoms with van der Waals surface area (Å²) in [4.78, 5) is 12.7. The predicted octanol–water partition coefficient (Wildman–Crippen LogP) is 6.73. The molecule has 1 amide bonds. The number of nitrogens with one attached hydrogen (secondary N) is 1. The van der Waals surface area contributed by atoms with Gasteiger partial charge in [-0.1, -0.05) is 59.9 Å². The number of anilines is 1. The second kappa shape index (κ2) is 9.80. The third-order valence-corrected chi connectivity index (χ3v) is 7.14. The zero-order chi connectivity index (χ0) is 23.5. The molecule has 0 bridgehead atoms. The van der Waals surface area contributed by atoms with Crippen LogP contribution >= 0.6 is 23.1 Å². The van der Waals surface area contributed by atoms with Crippen LogP contribution in [0.1, 0.15) is 30.5 Å². The SMILES string of the molecule is CCSc1nnc(NC(=O)/C=C(\C)c2cc3c(-c4ccc(C)cc4)coc3c(C)c2OC)s1. The first kappa shape index (κ1) is 23.1. The van der Waals surface area contributed by atoms with Crippen molar-refractivity contribution in [2.45, 2.75) is 32.0 Å². The van der Waals surface area contributed by atoms with Gasteiger partial charge < -0.3 is 9.15 Å². The van der Waals surface area contributed by atoms with Gasteiger partial charge in [0.2, 0.25) is 11.0 Å². The molecule has 0 atom stereocenters. The number of nitrogens with zero attached hydrogens (tertiary/aromatic N) is 2. The molecule has 2 aromatic heterocycles. The van der Waals surface area contributed by atoms with Crippen LogP contribution < -0.4 is 10.1 Å². The Morgan fingerprint density at radius 2 is 2.00 bits per heavy atom. The van der Waals surface area contributed by atoms with Crippen LogP contribution in [0, 0.1) is 13.8 Å². The molecule has 8 heteroatoms. The highest BCUT2D eigenvalue weighted by molar-refractivity contribution is 8.01. The van der Waals surface area contributed by atoms with Crippen molar-refractivity contribution in [3.63, 3.8) is 0 Å². The normalized spacial score (nSPS) is 11.7. The predicted molar refractivity (Wildman–Crippen MR) is 136 cm³/mol. The summed E-state index contributed by atoms with van der Waals surface area (Å²) in [5.74, 6) is 1.33. The molecule has 0 saturated carbocycles. The molecule has 0 saturated heterocycles. The number of thioether (sulfide) groups is 1. The Labute approximate surface area is 201 Å². The van der Waals surface area contributed by atoms with E-state index in [9.17, 15) is 4.79 Å². The van der Waals surface area contributed by atoms with E-state index in [0.717, 1.165) is 48.9 Å². The summed E-state index contributed by atoms with van der Waals surface area (Å²) < 4.78 is 12.5. The Hall–Kier alpha value is -3.10. The average Bonchev–Trinajstić information content (AvgIpc) is 3.41. The Bertz CT molecular complexity index is 1340. The summed E-state index contributed by atoms with van der Waals surface area (Å²) in [6.45, 7) is 7.98. The smallest absolute Gasteiger partial charge is 0.250 e. The lowest BCUT2D eigenvalue weighted by molar-refractivity contribution is -0.111. The van der Waals surface area contributed by atoms with Crippen LogP contribution in [-0.2, 0) is 4.79 Å². The third kappa shape index (κ3) is 4.82. The Morgan fingerprint density at radius 1 is 1.24 bits per heavy atom. The standard InChI is InChI=1S/C25H25N3O3S2/c1-6-32-25-28-27-24(33-25)26-21(29)11-15(3)18-12-19-20(17-9-7-14(2)8-10-17)13-31-23(19)16(4)22(18)30-5/h7-13H,6H2,1-5H3,(H,26,27,29)/b15-11+. The molecule has 1 N–H and O–H groups in total. The van der Waals surface area contributed by atoms with Gasteiger partial charge in [-0.2, -0.15) is 0 Å². The number of furan rings is 1. The number of methoxy groups -OCH3 is 1. The van der Waals surface area contributed by atoms with Crippen molar-refractivity contribution >= 4 is 50.7 Å². The number of benzene rings is 2. The first-order chi connectivity index (χ1) is 15.9. The molecule has 4 aromatic rings. The van der Waals surface area contributed by atoms with Crippen LogP contribution in [0.25, 0.3) is 27.7 Å². The summed E-state index contributed by atoms with van der Waals surface area (Å²) in [6, 6.07) is 10.4. The molecular formula is C25H25N3O3S2. The second-order valence-corrected chi connectivity index (χ2v) is 10.1. The monoisotopic (exact) mass is 479 g/mol. The Morgan fingerprint density at radius 3 is 2.70 bits per heavy atom. The summed E-state index contributed by atoms with van der Waals surface area (Å²) in [6.07, 6.45) is 3.33. The number of carbonyl (C=O) groups is 1. The van der Waals surface area contributed by atoms with Gasteiger partial charge in [-0.05, 0) is 43.7 Å². The van der Waals surface area contributed by atoms with Crippen LogP contribution in [0.4, 0.5) is 5.13 Å². The van der Waals surface area contributed by atoms with Gasteiger partial charge in [-0.3, -0.25) is 10.1 Å². The van der Waals surface area contributed by atoms with E-state index in [2.05, 4.69) is 46.7 Å². The van der Waals surface area contributed by atoms with Crippen molar-refractivity contribution < 1.29 is 13.9 Å². The lowest BCUT2D eigenvalue weighted by atomic mass is 9.96. The summed E-state index contributed by atoms with van der Waals surface area (Å²) in [5.41, 5.74) is 6.56. The van der Waals surface area contributed by atoms with Crippen molar-refractivity contribution in [2.24, 2.45) is 0 Å². The lowest BCUT2D eigenvalue weighted by Crippen LogP contribution is -2.08. The van der Waals surface area contributed by atoms with Crippen molar-refractivity contribution in [3.8, 4) is 16.9 Å². The summed E-state index contributed by atoms with van der Waals surface area (Å²) >= 11 is 2.96. The molecule has 0 radical (unpaired) electrons. The van der Waals surface area contributed by atoms with Gasteiger partial charge in [-0.15, -0.1) is 10.2 Å². The third-order valence-electron chi connectivity index (χ3n) is 5.29. The van der Waals surface area contributed by atoms with Gasteiger partial charge in [0.1, 0.15) is 11.3 Å².